The molecule has 1 aromatic carbocycles. The van der Waals surface area contributed by atoms with Crippen LogP contribution in [0.5, 0.6) is 0 Å². The van der Waals surface area contributed by atoms with Crippen LogP contribution in [0, 0.1) is 0 Å². The summed E-state index contributed by atoms with van der Waals surface area (Å²) in [6.07, 6.45) is -0.0840. The van der Waals surface area contributed by atoms with Gasteiger partial charge in [0.25, 0.3) is 0 Å². The van der Waals surface area contributed by atoms with Gasteiger partial charge >= 0.3 is 5.97 Å². The highest BCUT2D eigenvalue weighted by atomic mass is 32.2. The number of methoxy groups -OCH3 is 2. The van der Waals surface area contributed by atoms with Crippen molar-refractivity contribution in [2.45, 2.75) is 17.4 Å². The summed E-state index contributed by atoms with van der Waals surface area (Å²) in [5.74, 6) is -1.51. The Morgan fingerprint density at radius 3 is 2.36 bits per heavy atom. The smallest absolute Gasteiger partial charge is 0.328 e. The van der Waals surface area contributed by atoms with Crippen LogP contribution < -0.4 is 5.32 Å². The third-order valence-electron chi connectivity index (χ3n) is 2.87. The quantitative estimate of drug-likeness (QED) is 0.682. The molecule has 1 rings (SSSR count). The summed E-state index contributed by atoms with van der Waals surface area (Å²) in [6, 6.07) is 6.86. The Kier molecular flexibility index (Phi) is 7.00. The molecule has 0 saturated carbocycles. The van der Waals surface area contributed by atoms with Gasteiger partial charge in [0, 0.05) is 7.11 Å². The number of ether oxygens (including phenoxy) is 2. The molecule has 1 amide bonds. The molecule has 0 aromatic heterocycles. The minimum Gasteiger partial charge on any atom is -0.467 e. The molecule has 0 aliphatic heterocycles. The Morgan fingerprint density at radius 2 is 1.82 bits per heavy atom. The van der Waals surface area contributed by atoms with Gasteiger partial charge in [0.15, 0.2) is 9.84 Å². The van der Waals surface area contributed by atoms with Gasteiger partial charge in [-0.15, -0.1) is 0 Å². The number of carbonyl (C=O) groups excluding carboxylic acids is 2. The van der Waals surface area contributed by atoms with E-state index in [0.29, 0.717) is 0 Å². The van der Waals surface area contributed by atoms with E-state index in [1.807, 2.05) is 0 Å². The van der Waals surface area contributed by atoms with Crippen LogP contribution in [0.25, 0.3) is 0 Å². The van der Waals surface area contributed by atoms with Crippen molar-refractivity contribution in [2.75, 3.05) is 26.6 Å². The molecule has 0 radical (unpaired) electrons. The van der Waals surface area contributed by atoms with Crippen LogP contribution in [-0.2, 0) is 28.9 Å². The molecular formula is C14H19NO6S. The number of nitrogens with one attached hydrogen (secondary N) is 1. The van der Waals surface area contributed by atoms with E-state index in [1.165, 1.54) is 26.4 Å². The molecule has 1 N–H and O–H groups in total. The first-order chi connectivity index (χ1) is 10.4. The SMILES string of the molecule is COCC(=O)N[C@@H](CCS(=O)(=O)c1ccccc1)C(=O)OC. The number of benzene rings is 1. The molecule has 122 valence electrons. The number of sulfone groups is 1. The van der Waals surface area contributed by atoms with Crippen molar-refractivity contribution < 1.29 is 27.5 Å². The normalized spacial score (nSPS) is 12.5. The van der Waals surface area contributed by atoms with Crippen LogP contribution in [0.3, 0.4) is 0 Å². The summed E-state index contributed by atoms with van der Waals surface area (Å²) in [5.41, 5.74) is 0. The topological polar surface area (TPSA) is 98.8 Å². The van der Waals surface area contributed by atoms with Crippen molar-refractivity contribution in [3.8, 4) is 0 Å². The molecule has 0 spiro atoms. The first kappa shape index (κ1) is 18.1. The number of rotatable bonds is 8. The Labute approximate surface area is 129 Å². The van der Waals surface area contributed by atoms with Crippen molar-refractivity contribution in [1.29, 1.82) is 0 Å². The van der Waals surface area contributed by atoms with Gasteiger partial charge in [-0.1, -0.05) is 18.2 Å². The fourth-order valence-corrected chi connectivity index (χ4v) is 3.13. The lowest BCUT2D eigenvalue weighted by molar-refractivity contribution is -0.145. The predicted molar refractivity (Wildman–Crippen MR) is 78.9 cm³/mol. The molecule has 8 heteroatoms. The van der Waals surface area contributed by atoms with Crippen LogP contribution in [0.1, 0.15) is 6.42 Å². The fraction of sp³-hybridized carbons (Fsp3) is 0.429. The first-order valence-electron chi connectivity index (χ1n) is 6.54. The zero-order valence-electron chi connectivity index (χ0n) is 12.4. The van der Waals surface area contributed by atoms with Crippen LogP contribution in [0.15, 0.2) is 35.2 Å². The summed E-state index contributed by atoms with van der Waals surface area (Å²) in [6.45, 7) is -0.223. The average molecular weight is 329 g/mol. The van der Waals surface area contributed by atoms with E-state index >= 15 is 0 Å². The predicted octanol–water partition coefficient (Wildman–Crippen LogP) is 0.155. The van der Waals surface area contributed by atoms with Crippen LogP contribution in [0.4, 0.5) is 0 Å². The zero-order chi connectivity index (χ0) is 16.6. The lowest BCUT2D eigenvalue weighted by atomic mass is 10.2. The standard InChI is InChI=1S/C14H19NO6S/c1-20-10-13(16)15-12(14(17)21-2)8-9-22(18,19)11-6-4-3-5-7-11/h3-7,12H,8-10H2,1-2H3,(H,15,16)/t12-/m0/s1. The number of carbonyl (C=O) groups is 2. The molecule has 0 aliphatic rings. The molecular weight excluding hydrogens is 310 g/mol. The second kappa shape index (κ2) is 8.50. The van der Waals surface area contributed by atoms with E-state index < -0.39 is 27.8 Å². The monoisotopic (exact) mass is 329 g/mol. The fourth-order valence-electron chi connectivity index (χ4n) is 1.78. The second-order valence-electron chi connectivity index (χ2n) is 4.50. The first-order valence-corrected chi connectivity index (χ1v) is 8.20. The molecule has 0 aliphatic carbocycles. The molecule has 1 aromatic rings. The Morgan fingerprint density at radius 1 is 1.18 bits per heavy atom. The summed E-state index contributed by atoms with van der Waals surface area (Å²) in [5, 5.41) is 2.39. The van der Waals surface area contributed by atoms with Crippen molar-refractivity contribution in [2.24, 2.45) is 0 Å². The molecule has 0 bridgehead atoms. The van der Waals surface area contributed by atoms with E-state index in [2.05, 4.69) is 14.8 Å². The number of hydrogen-bond acceptors (Lipinski definition) is 6. The van der Waals surface area contributed by atoms with Crippen molar-refractivity contribution in [3.63, 3.8) is 0 Å². The van der Waals surface area contributed by atoms with Gasteiger partial charge in [0.05, 0.1) is 17.8 Å². The number of hydrogen-bond donors (Lipinski definition) is 1. The molecule has 7 nitrogen and oxygen atoms in total. The second-order valence-corrected chi connectivity index (χ2v) is 6.61. The van der Waals surface area contributed by atoms with Crippen molar-refractivity contribution in [3.05, 3.63) is 30.3 Å². The van der Waals surface area contributed by atoms with E-state index in [1.54, 1.807) is 18.2 Å². The van der Waals surface area contributed by atoms with Gasteiger partial charge in [-0.2, -0.15) is 0 Å². The largest absolute Gasteiger partial charge is 0.467 e. The highest BCUT2D eigenvalue weighted by molar-refractivity contribution is 7.91. The zero-order valence-corrected chi connectivity index (χ0v) is 13.3. The lowest BCUT2D eigenvalue weighted by Crippen LogP contribution is -2.44. The van der Waals surface area contributed by atoms with Gasteiger partial charge in [-0.05, 0) is 18.6 Å². The molecule has 22 heavy (non-hydrogen) atoms. The average Bonchev–Trinajstić information content (AvgIpc) is 2.51. The Bertz CT molecular complexity index is 599. The number of esters is 1. The van der Waals surface area contributed by atoms with Gasteiger partial charge in [0.2, 0.25) is 5.91 Å². The minimum absolute atomic E-state index is 0.0840. The van der Waals surface area contributed by atoms with Crippen LogP contribution in [-0.4, -0.2) is 52.9 Å². The van der Waals surface area contributed by atoms with E-state index in [9.17, 15) is 18.0 Å². The minimum atomic E-state index is -3.54. The van der Waals surface area contributed by atoms with Crippen molar-refractivity contribution >= 4 is 21.7 Å². The third-order valence-corrected chi connectivity index (χ3v) is 4.64. The summed E-state index contributed by atoms with van der Waals surface area (Å²) in [4.78, 5) is 23.3. The van der Waals surface area contributed by atoms with Gasteiger partial charge in [-0.3, -0.25) is 4.79 Å². The van der Waals surface area contributed by atoms with E-state index in [-0.39, 0.29) is 23.7 Å². The van der Waals surface area contributed by atoms with Gasteiger partial charge in [0.1, 0.15) is 12.6 Å². The summed E-state index contributed by atoms with van der Waals surface area (Å²) >= 11 is 0. The molecule has 0 unspecified atom stereocenters. The van der Waals surface area contributed by atoms with Gasteiger partial charge < -0.3 is 14.8 Å². The molecule has 0 fully saturated rings. The summed E-state index contributed by atoms with van der Waals surface area (Å²) < 4.78 is 33.6. The van der Waals surface area contributed by atoms with Crippen LogP contribution >= 0.6 is 0 Å². The molecule has 0 saturated heterocycles. The molecule has 0 heterocycles. The van der Waals surface area contributed by atoms with Crippen molar-refractivity contribution in [1.82, 2.24) is 5.32 Å². The summed E-state index contributed by atoms with van der Waals surface area (Å²) in [7, 11) is -1.03. The Hall–Kier alpha value is -1.93. The highest BCUT2D eigenvalue weighted by Crippen LogP contribution is 2.12. The van der Waals surface area contributed by atoms with E-state index in [0.717, 1.165) is 0 Å². The van der Waals surface area contributed by atoms with Crippen LogP contribution in [0.2, 0.25) is 0 Å². The highest BCUT2D eigenvalue weighted by Gasteiger charge is 2.25. The Balaban J connectivity index is 2.74. The van der Waals surface area contributed by atoms with E-state index in [4.69, 9.17) is 0 Å². The molecule has 1 atom stereocenters. The number of amides is 1. The lowest BCUT2D eigenvalue weighted by Gasteiger charge is -2.16. The third kappa shape index (κ3) is 5.45. The maximum absolute atomic E-state index is 12.2. The maximum atomic E-state index is 12.2. The van der Waals surface area contributed by atoms with Gasteiger partial charge in [-0.25, -0.2) is 13.2 Å². The maximum Gasteiger partial charge on any atom is 0.328 e.